The van der Waals surface area contributed by atoms with Gasteiger partial charge in [0.25, 0.3) is 5.91 Å². The van der Waals surface area contributed by atoms with E-state index in [4.69, 9.17) is 5.11 Å². The molecule has 96 valence electrons. The first kappa shape index (κ1) is 12.4. The molecule has 1 saturated carbocycles. The summed E-state index contributed by atoms with van der Waals surface area (Å²) in [5.74, 6) is -0.256. The first-order valence-corrected chi connectivity index (χ1v) is 5.90. The zero-order chi connectivity index (χ0) is 13.1. The highest BCUT2D eigenvalue weighted by Gasteiger charge is 2.24. The van der Waals surface area contributed by atoms with E-state index >= 15 is 0 Å². The summed E-state index contributed by atoms with van der Waals surface area (Å²) in [6.45, 7) is 0.0518. The molecule has 1 aromatic carbocycles. The van der Waals surface area contributed by atoms with Crippen LogP contribution < -0.4 is 5.32 Å². The smallest absolute Gasteiger partial charge is 0.254 e. The predicted molar refractivity (Wildman–Crippen MR) is 66.2 cm³/mol. The molecule has 18 heavy (non-hydrogen) atoms. The molecule has 5 nitrogen and oxygen atoms in total. The normalized spacial score (nSPS) is 14.1. The Bertz CT molecular complexity index is 452. The largest absolute Gasteiger partial charge is 0.508 e. The maximum absolute atomic E-state index is 12.0. The van der Waals surface area contributed by atoms with Crippen molar-refractivity contribution in [2.45, 2.75) is 18.9 Å². The van der Waals surface area contributed by atoms with Crippen LogP contribution in [0.3, 0.4) is 0 Å². The van der Waals surface area contributed by atoms with Crippen LogP contribution in [-0.2, 0) is 4.79 Å². The number of hydrogen-bond donors (Lipinski definition) is 2. The Morgan fingerprint density at radius 1 is 1.33 bits per heavy atom. The second kappa shape index (κ2) is 5.08. The Balaban J connectivity index is 1.90. The van der Waals surface area contributed by atoms with E-state index in [2.05, 4.69) is 5.32 Å². The van der Waals surface area contributed by atoms with Crippen LogP contribution in [0.15, 0.2) is 24.3 Å². The van der Waals surface area contributed by atoms with Gasteiger partial charge in [0.1, 0.15) is 5.75 Å². The minimum Gasteiger partial charge on any atom is -0.508 e. The van der Waals surface area contributed by atoms with Crippen LogP contribution >= 0.6 is 0 Å². The maximum Gasteiger partial charge on any atom is 0.254 e. The lowest BCUT2D eigenvalue weighted by atomic mass is 10.2. The van der Waals surface area contributed by atoms with Gasteiger partial charge < -0.3 is 15.3 Å². The van der Waals surface area contributed by atoms with Crippen LogP contribution in [0, 0.1) is 0 Å². The van der Waals surface area contributed by atoms with Crippen molar-refractivity contribution in [3.8, 4) is 5.75 Å². The molecule has 0 atom stereocenters. The average Bonchev–Trinajstić information content (AvgIpc) is 3.12. The SMILES string of the molecule is CN(CC(=O)NC1CC1)C(=O)c1ccc(O)cc1. The van der Waals surface area contributed by atoms with Crippen LogP contribution in [0.4, 0.5) is 0 Å². The highest BCUT2D eigenvalue weighted by atomic mass is 16.3. The number of phenolic OH excluding ortho intramolecular Hbond substituents is 1. The van der Waals surface area contributed by atoms with E-state index < -0.39 is 0 Å². The number of benzene rings is 1. The predicted octanol–water partition coefficient (Wildman–Crippen LogP) is 0.743. The molecule has 0 bridgehead atoms. The Morgan fingerprint density at radius 2 is 1.94 bits per heavy atom. The van der Waals surface area contributed by atoms with Crippen LogP contribution in [-0.4, -0.2) is 41.5 Å². The highest BCUT2D eigenvalue weighted by Crippen LogP contribution is 2.18. The number of likely N-dealkylation sites (N-methyl/N-ethyl adjacent to an activating group) is 1. The molecule has 2 rings (SSSR count). The van der Waals surface area contributed by atoms with Gasteiger partial charge >= 0.3 is 0 Å². The molecule has 1 aliphatic rings. The monoisotopic (exact) mass is 248 g/mol. The van der Waals surface area contributed by atoms with E-state index in [1.165, 1.54) is 29.2 Å². The van der Waals surface area contributed by atoms with Gasteiger partial charge in [-0.25, -0.2) is 0 Å². The molecule has 5 heteroatoms. The third-order valence-electron chi connectivity index (χ3n) is 2.78. The van der Waals surface area contributed by atoms with E-state index in [0.717, 1.165) is 12.8 Å². The standard InChI is InChI=1S/C13H16N2O3/c1-15(8-12(17)14-10-4-5-10)13(18)9-2-6-11(16)7-3-9/h2-3,6-7,10,16H,4-5,8H2,1H3,(H,14,17). The van der Waals surface area contributed by atoms with Gasteiger partial charge in [-0.2, -0.15) is 0 Å². The van der Waals surface area contributed by atoms with Gasteiger partial charge in [0, 0.05) is 18.7 Å². The summed E-state index contributed by atoms with van der Waals surface area (Å²) in [5, 5.41) is 12.0. The van der Waals surface area contributed by atoms with Crippen molar-refractivity contribution in [2.24, 2.45) is 0 Å². The first-order chi connectivity index (χ1) is 8.56. The van der Waals surface area contributed by atoms with Crippen LogP contribution in [0.2, 0.25) is 0 Å². The fourth-order valence-corrected chi connectivity index (χ4v) is 1.61. The Hall–Kier alpha value is -2.04. The molecule has 0 heterocycles. The highest BCUT2D eigenvalue weighted by molar-refractivity contribution is 5.96. The van der Waals surface area contributed by atoms with Crippen molar-refractivity contribution in [3.05, 3.63) is 29.8 Å². The number of hydrogen-bond acceptors (Lipinski definition) is 3. The van der Waals surface area contributed by atoms with Gasteiger partial charge in [0.05, 0.1) is 6.54 Å². The number of nitrogens with zero attached hydrogens (tertiary/aromatic N) is 1. The third-order valence-corrected chi connectivity index (χ3v) is 2.78. The van der Waals surface area contributed by atoms with Crippen molar-refractivity contribution < 1.29 is 14.7 Å². The minimum atomic E-state index is -0.235. The number of nitrogens with one attached hydrogen (secondary N) is 1. The molecule has 0 aliphatic heterocycles. The summed E-state index contributed by atoms with van der Waals surface area (Å²) in [5.41, 5.74) is 0.453. The molecular weight excluding hydrogens is 232 g/mol. The second-order valence-corrected chi connectivity index (χ2v) is 4.55. The minimum absolute atomic E-state index is 0.0518. The fourth-order valence-electron chi connectivity index (χ4n) is 1.61. The molecule has 2 N–H and O–H groups in total. The van der Waals surface area contributed by atoms with Gasteiger partial charge in [-0.1, -0.05) is 0 Å². The summed E-state index contributed by atoms with van der Waals surface area (Å²) < 4.78 is 0. The van der Waals surface area contributed by atoms with E-state index in [-0.39, 0.29) is 24.1 Å². The molecule has 0 aromatic heterocycles. The van der Waals surface area contributed by atoms with Gasteiger partial charge in [-0.3, -0.25) is 9.59 Å². The van der Waals surface area contributed by atoms with E-state index in [1.807, 2.05) is 0 Å². The van der Waals surface area contributed by atoms with Crippen molar-refractivity contribution >= 4 is 11.8 Å². The Morgan fingerprint density at radius 3 is 2.50 bits per heavy atom. The molecule has 1 aliphatic carbocycles. The summed E-state index contributed by atoms with van der Waals surface area (Å²) in [6, 6.07) is 6.27. The Kier molecular flexibility index (Phi) is 3.50. The Labute approximate surface area is 105 Å². The van der Waals surface area contributed by atoms with Crippen molar-refractivity contribution in [3.63, 3.8) is 0 Å². The lowest BCUT2D eigenvalue weighted by molar-refractivity contribution is -0.121. The summed E-state index contributed by atoms with van der Waals surface area (Å²) in [6.07, 6.45) is 2.06. The number of phenols is 1. The van der Waals surface area contributed by atoms with E-state index in [0.29, 0.717) is 11.6 Å². The molecular formula is C13H16N2O3. The molecule has 0 unspecified atom stereocenters. The van der Waals surface area contributed by atoms with Crippen LogP contribution in [0.5, 0.6) is 5.75 Å². The van der Waals surface area contributed by atoms with Crippen LogP contribution in [0.1, 0.15) is 23.2 Å². The summed E-state index contributed by atoms with van der Waals surface area (Å²) >= 11 is 0. The molecule has 1 aromatic rings. The number of amides is 2. The van der Waals surface area contributed by atoms with E-state index in [1.54, 1.807) is 7.05 Å². The van der Waals surface area contributed by atoms with Gasteiger partial charge in [0.2, 0.25) is 5.91 Å². The zero-order valence-electron chi connectivity index (χ0n) is 10.2. The number of rotatable bonds is 4. The second-order valence-electron chi connectivity index (χ2n) is 4.55. The number of carbonyl (C=O) groups is 2. The zero-order valence-corrected chi connectivity index (χ0v) is 10.2. The third kappa shape index (κ3) is 3.23. The van der Waals surface area contributed by atoms with Crippen molar-refractivity contribution in [1.29, 1.82) is 0 Å². The van der Waals surface area contributed by atoms with E-state index in [9.17, 15) is 9.59 Å². The topological polar surface area (TPSA) is 69.6 Å². The fraction of sp³-hybridized carbons (Fsp3) is 0.385. The van der Waals surface area contributed by atoms with Crippen molar-refractivity contribution in [1.82, 2.24) is 10.2 Å². The molecule has 2 amide bonds. The number of carbonyl (C=O) groups excluding carboxylic acids is 2. The summed E-state index contributed by atoms with van der Waals surface area (Å²) in [7, 11) is 1.58. The molecule has 0 radical (unpaired) electrons. The lowest BCUT2D eigenvalue weighted by Gasteiger charge is -2.16. The van der Waals surface area contributed by atoms with Gasteiger partial charge in [-0.05, 0) is 37.1 Å². The van der Waals surface area contributed by atoms with Crippen LogP contribution in [0.25, 0.3) is 0 Å². The lowest BCUT2D eigenvalue weighted by Crippen LogP contribution is -2.39. The summed E-state index contributed by atoms with van der Waals surface area (Å²) in [4.78, 5) is 24.9. The molecule has 0 spiro atoms. The van der Waals surface area contributed by atoms with Gasteiger partial charge in [-0.15, -0.1) is 0 Å². The van der Waals surface area contributed by atoms with Crippen molar-refractivity contribution in [2.75, 3.05) is 13.6 Å². The molecule has 1 fully saturated rings. The first-order valence-electron chi connectivity index (χ1n) is 5.90. The van der Waals surface area contributed by atoms with Gasteiger partial charge in [0.15, 0.2) is 0 Å². The molecule has 0 saturated heterocycles. The average molecular weight is 248 g/mol. The number of aromatic hydroxyl groups is 1. The quantitative estimate of drug-likeness (QED) is 0.825. The maximum atomic E-state index is 12.0.